The minimum absolute atomic E-state index is 0.157. The molecule has 0 aliphatic rings. The number of amides is 1. The molecule has 1 amide bonds. The topological polar surface area (TPSA) is 72.2 Å². The van der Waals surface area contributed by atoms with Crippen molar-refractivity contribution in [1.82, 2.24) is 19.8 Å². The minimum atomic E-state index is -0.157. The second-order valence-corrected chi connectivity index (χ2v) is 5.69. The Hall–Kier alpha value is -2.28. The van der Waals surface area contributed by atoms with Crippen molar-refractivity contribution in [1.29, 1.82) is 0 Å². The van der Waals surface area contributed by atoms with E-state index in [4.69, 9.17) is 0 Å². The molecular formula is C14H15N5OS. The van der Waals surface area contributed by atoms with Gasteiger partial charge in [0.25, 0.3) is 5.91 Å². The molecule has 21 heavy (non-hydrogen) atoms. The average Bonchev–Trinajstić information content (AvgIpc) is 3.01. The number of aryl methyl sites for hydroxylation is 2. The van der Waals surface area contributed by atoms with Crippen LogP contribution >= 0.6 is 11.3 Å². The van der Waals surface area contributed by atoms with Crippen LogP contribution in [0.1, 0.15) is 35.1 Å². The van der Waals surface area contributed by atoms with Gasteiger partial charge in [0.05, 0.1) is 0 Å². The van der Waals surface area contributed by atoms with Crippen LogP contribution < -0.4 is 5.32 Å². The second kappa shape index (κ2) is 5.61. The maximum atomic E-state index is 12.3. The fraction of sp³-hybridized carbons (Fsp3) is 0.286. The van der Waals surface area contributed by atoms with E-state index in [1.165, 1.54) is 11.3 Å². The van der Waals surface area contributed by atoms with Crippen LogP contribution in [0.2, 0.25) is 0 Å². The summed E-state index contributed by atoms with van der Waals surface area (Å²) in [4.78, 5) is 12.9. The van der Waals surface area contributed by atoms with Crippen LogP contribution in [-0.2, 0) is 6.42 Å². The highest BCUT2D eigenvalue weighted by atomic mass is 32.1. The minimum Gasteiger partial charge on any atom is -0.296 e. The molecule has 0 aliphatic carbocycles. The summed E-state index contributed by atoms with van der Waals surface area (Å²) in [7, 11) is 0. The summed E-state index contributed by atoms with van der Waals surface area (Å²) < 4.78 is 1.70. The lowest BCUT2D eigenvalue weighted by Crippen LogP contribution is -2.13. The fourth-order valence-electron chi connectivity index (χ4n) is 2.08. The van der Waals surface area contributed by atoms with E-state index in [0.29, 0.717) is 15.7 Å². The molecule has 0 fully saturated rings. The van der Waals surface area contributed by atoms with Gasteiger partial charge in [0.2, 0.25) is 10.1 Å². The third kappa shape index (κ3) is 2.64. The van der Waals surface area contributed by atoms with E-state index >= 15 is 0 Å². The monoisotopic (exact) mass is 301 g/mol. The molecule has 0 saturated heterocycles. The van der Waals surface area contributed by atoms with Crippen molar-refractivity contribution >= 4 is 27.3 Å². The summed E-state index contributed by atoms with van der Waals surface area (Å²) in [6, 6.07) is 7.46. The number of nitrogens with zero attached hydrogens (tertiary/aromatic N) is 4. The van der Waals surface area contributed by atoms with Gasteiger partial charge >= 0.3 is 0 Å². The van der Waals surface area contributed by atoms with Crippen molar-refractivity contribution in [2.24, 2.45) is 0 Å². The number of benzene rings is 1. The zero-order valence-electron chi connectivity index (χ0n) is 11.8. The van der Waals surface area contributed by atoms with Crippen LogP contribution in [0.15, 0.2) is 24.3 Å². The molecule has 0 atom stereocenters. The first-order chi connectivity index (χ1) is 10.2. The Balaban J connectivity index is 1.85. The van der Waals surface area contributed by atoms with Crippen molar-refractivity contribution < 1.29 is 4.79 Å². The van der Waals surface area contributed by atoms with Gasteiger partial charge in [-0.15, -0.1) is 15.3 Å². The summed E-state index contributed by atoms with van der Waals surface area (Å²) in [5.74, 6) is 0.662. The second-order valence-electron chi connectivity index (χ2n) is 4.74. The maximum Gasteiger partial charge on any atom is 0.257 e. The summed E-state index contributed by atoms with van der Waals surface area (Å²) >= 11 is 1.32. The molecule has 3 rings (SSSR count). The smallest absolute Gasteiger partial charge is 0.257 e. The van der Waals surface area contributed by atoms with Crippen molar-refractivity contribution in [3.63, 3.8) is 0 Å². The summed E-state index contributed by atoms with van der Waals surface area (Å²) in [5.41, 5.74) is 1.59. The van der Waals surface area contributed by atoms with Gasteiger partial charge in [0, 0.05) is 12.0 Å². The van der Waals surface area contributed by atoms with Gasteiger partial charge in [0.1, 0.15) is 0 Å². The largest absolute Gasteiger partial charge is 0.296 e. The number of rotatable bonds is 4. The molecule has 7 heteroatoms. The normalized spacial score (nSPS) is 11.0. The highest BCUT2D eigenvalue weighted by Gasteiger charge is 2.14. The number of hydrogen-bond donors (Lipinski definition) is 1. The van der Waals surface area contributed by atoms with E-state index in [-0.39, 0.29) is 5.91 Å². The predicted molar refractivity (Wildman–Crippen MR) is 81.8 cm³/mol. The Morgan fingerprint density at radius 2 is 2.14 bits per heavy atom. The van der Waals surface area contributed by atoms with Crippen molar-refractivity contribution in [3.8, 4) is 0 Å². The number of carbonyl (C=O) groups is 1. The highest BCUT2D eigenvalue weighted by Crippen LogP contribution is 2.20. The van der Waals surface area contributed by atoms with Crippen molar-refractivity contribution in [2.75, 3.05) is 5.32 Å². The van der Waals surface area contributed by atoms with Gasteiger partial charge in [-0.05, 0) is 25.0 Å². The van der Waals surface area contributed by atoms with Crippen LogP contribution in [-0.4, -0.2) is 25.7 Å². The van der Waals surface area contributed by atoms with E-state index in [9.17, 15) is 4.79 Å². The zero-order valence-corrected chi connectivity index (χ0v) is 12.6. The maximum absolute atomic E-state index is 12.3. The van der Waals surface area contributed by atoms with E-state index in [0.717, 1.165) is 24.2 Å². The van der Waals surface area contributed by atoms with Crippen LogP contribution in [0.4, 0.5) is 5.13 Å². The lowest BCUT2D eigenvalue weighted by Gasteiger charge is -2.04. The molecule has 108 valence electrons. The first kappa shape index (κ1) is 13.7. The van der Waals surface area contributed by atoms with Gasteiger partial charge in [-0.3, -0.25) is 10.1 Å². The molecule has 0 radical (unpaired) electrons. The first-order valence-corrected chi connectivity index (χ1v) is 7.58. The number of aromatic nitrogens is 4. The number of carbonyl (C=O) groups excluding carboxylic acids is 1. The molecule has 6 nitrogen and oxygen atoms in total. The SMILES string of the molecule is CCCc1nnc2sc(NC(=O)c3ccccc3C)nn12. The lowest BCUT2D eigenvalue weighted by molar-refractivity contribution is 0.102. The fourth-order valence-corrected chi connectivity index (χ4v) is 2.83. The molecule has 1 aromatic carbocycles. The van der Waals surface area contributed by atoms with Gasteiger partial charge in [0.15, 0.2) is 5.82 Å². The van der Waals surface area contributed by atoms with E-state index in [2.05, 4.69) is 27.5 Å². The van der Waals surface area contributed by atoms with E-state index in [1.807, 2.05) is 25.1 Å². The third-order valence-corrected chi connectivity index (χ3v) is 3.95. The van der Waals surface area contributed by atoms with Gasteiger partial charge in [-0.2, -0.15) is 4.52 Å². The number of fused-ring (bicyclic) bond motifs is 1. The highest BCUT2D eigenvalue weighted by molar-refractivity contribution is 7.20. The summed E-state index contributed by atoms with van der Waals surface area (Å²) in [6.07, 6.45) is 1.79. The standard InChI is InChI=1S/C14H15N5OS/c1-3-6-11-16-17-14-19(11)18-13(21-14)15-12(20)10-8-5-4-7-9(10)2/h4-5,7-8H,3,6H2,1-2H3,(H,15,18,20). The first-order valence-electron chi connectivity index (χ1n) is 6.77. The Morgan fingerprint density at radius 3 is 2.90 bits per heavy atom. The third-order valence-electron chi connectivity index (χ3n) is 3.14. The van der Waals surface area contributed by atoms with Crippen LogP contribution in [0.25, 0.3) is 4.96 Å². The molecule has 0 saturated carbocycles. The molecule has 1 N–H and O–H groups in total. The lowest BCUT2D eigenvalue weighted by atomic mass is 10.1. The van der Waals surface area contributed by atoms with Gasteiger partial charge in [-0.1, -0.05) is 36.5 Å². The molecule has 0 aliphatic heterocycles. The van der Waals surface area contributed by atoms with Crippen molar-refractivity contribution in [3.05, 3.63) is 41.2 Å². The van der Waals surface area contributed by atoms with Gasteiger partial charge in [-0.25, -0.2) is 0 Å². The number of anilines is 1. The molecule has 0 unspecified atom stereocenters. The van der Waals surface area contributed by atoms with Crippen molar-refractivity contribution in [2.45, 2.75) is 26.7 Å². The van der Waals surface area contributed by atoms with Crippen LogP contribution in [0.3, 0.4) is 0 Å². The van der Waals surface area contributed by atoms with Crippen LogP contribution in [0.5, 0.6) is 0 Å². The predicted octanol–water partition coefficient (Wildman–Crippen LogP) is 2.70. The molecule has 3 aromatic rings. The average molecular weight is 301 g/mol. The Kier molecular flexibility index (Phi) is 3.66. The zero-order chi connectivity index (χ0) is 14.8. The number of hydrogen-bond acceptors (Lipinski definition) is 5. The molecule has 2 aromatic heterocycles. The molecule has 0 bridgehead atoms. The Labute approximate surface area is 125 Å². The molecule has 0 spiro atoms. The Bertz CT molecular complexity index is 792. The quantitative estimate of drug-likeness (QED) is 0.804. The molecular weight excluding hydrogens is 286 g/mol. The van der Waals surface area contributed by atoms with Gasteiger partial charge < -0.3 is 0 Å². The van der Waals surface area contributed by atoms with Crippen LogP contribution in [0, 0.1) is 6.92 Å². The molecule has 2 heterocycles. The Morgan fingerprint density at radius 1 is 1.33 bits per heavy atom. The summed E-state index contributed by atoms with van der Waals surface area (Å²) in [6.45, 7) is 3.99. The van der Waals surface area contributed by atoms with E-state index < -0.39 is 0 Å². The van der Waals surface area contributed by atoms with E-state index in [1.54, 1.807) is 10.6 Å². The summed E-state index contributed by atoms with van der Waals surface area (Å²) in [5, 5.41) is 15.9. The number of nitrogens with one attached hydrogen (secondary N) is 1.